The van der Waals surface area contributed by atoms with Gasteiger partial charge in [-0.1, -0.05) is 27.7 Å². The minimum Gasteiger partial charge on any atom is -0.434 e. The van der Waals surface area contributed by atoms with Gasteiger partial charge in [0.2, 0.25) is 0 Å². The maximum atomic E-state index is 11.3. The molecule has 3 nitrogen and oxygen atoms in total. The Balaban J connectivity index is 2.39. The lowest BCUT2D eigenvalue weighted by atomic mass is 9.71. The first-order valence-corrected chi connectivity index (χ1v) is 6.26. The third-order valence-electron chi connectivity index (χ3n) is 3.03. The third kappa shape index (κ3) is 4.42. The first kappa shape index (κ1) is 13.3. The fraction of sp³-hybridized carbons (Fsp3) is 0.923. The largest absolute Gasteiger partial charge is 0.508 e. The van der Waals surface area contributed by atoms with Crippen LogP contribution in [0.25, 0.3) is 0 Å². The molecule has 0 bridgehead atoms. The first-order valence-electron chi connectivity index (χ1n) is 6.26. The van der Waals surface area contributed by atoms with E-state index in [-0.39, 0.29) is 11.5 Å². The second-order valence-electron chi connectivity index (χ2n) is 5.75. The fourth-order valence-electron chi connectivity index (χ4n) is 2.70. The highest BCUT2D eigenvalue weighted by molar-refractivity contribution is 5.60. The Kier molecular flexibility index (Phi) is 4.63. The van der Waals surface area contributed by atoms with Gasteiger partial charge in [-0.05, 0) is 37.0 Å². The highest BCUT2D eigenvalue weighted by Gasteiger charge is 2.34. The highest BCUT2D eigenvalue weighted by atomic mass is 16.7. The summed E-state index contributed by atoms with van der Waals surface area (Å²) in [5.41, 5.74) is 0.271. The van der Waals surface area contributed by atoms with Crippen molar-refractivity contribution < 1.29 is 14.3 Å². The molecular weight excluding hydrogens is 204 g/mol. The monoisotopic (exact) mass is 228 g/mol. The molecule has 0 saturated heterocycles. The zero-order valence-electron chi connectivity index (χ0n) is 10.9. The molecule has 1 fully saturated rings. The minimum absolute atomic E-state index is 0.0307. The summed E-state index contributed by atoms with van der Waals surface area (Å²) in [6.45, 7) is 9.10. The van der Waals surface area contributed by atoms with Crippen molar-refractivity contribution in [3.8, 4) is 0 Å². The molecule has 0 aromatic heterocycles. The highest BCUT2D eigenvalue weighted by Crippen LogP contribution is 2.39. The summed E-state index contributed by atoms with van der Waals surface area (Å²) >= 11 is 0. The van der Waals surface area contributed by atoms with Gasteiger partial charge in [-0.15, -0.1) is 0 Å². The molecule has 1 aliphatic carbocycles. The molecule has 0 amide bonds. The molecular formula is C13H24O3. The number of hydrogen-bond donors (Lipinski definition) is 0. The maximum absolute atomic E-state index is 11.3. The van der Waals surface area contributed by atoms with E-state index in [1.54, 1.807) is 0 Å². The Morgan fingerprint density at radius 3 is 2.62 bits per heavy atom. The zero-order chi connectivity index (χ0) is 12.2. The van der Waals surface area contributed by atoms with Gasteiger partial charge < -0.3 is 9.47 Å². The quantitative estimate of drug-likeness (QED) is 0.690. The van der Waals surface area contributed by atoms with Crippen LogP contribution in [-0.4, -0.2) is 18.9 Å². The van der Waals surface area contributed by atoms with Crippen LogP contribution in [0, 0.1) is 11.3 Å². The van der Waals surface area contributed by atoms with Crippen molar-refractivity contribution in [2.24, 2.45) is 11.3 Å². The van der Waals surface area contributed by atoms with Crippen molar-refractivity contribution in [1.82, 2.24) is 0 Å². The van der Waals surface area contributed by atoms with E-state index in [9.17, 15) is 4.79 Å². The van der Waals surface area contributed by atoms with Crippen molar-refractivity contribution in [1.29, 1.82) is 0 Å². The summed E-state index contributed by atoms with van der Waals surface area (Å²) in [4.78, 5) is 11.3. The molecule has 0 aliphatic heterocycles. The molecule has 16 heavy (non-hydrogen) atoms. The molecule has 0 unspecified atom stereocenters. The number of ether oxygens (including phenoxy) is 2. The maximum Gasteiger partial charge on any atom is 0.508 e. The van der Waals surface area contributed by atoms with E-state index in [0.717, 1.165) is 19.3 Å². The Hall–Kier alpha value is -0.730. The van der Waals surface area contributed by atoms with Crippen LogP contribution in [0.15, 0.2) is 0 Å². The van der Waals surface area contributed by atoms with Crippen LogP contribution in [0.2, 0.25) is 0 Å². The summed E-state index contributed by atoms with van der Waals surface area (Å²) in [5, 5.41) is 0. The number of rotatable bonds is 3. The zero-order valence-corrected chi connectivity index (χ0v) is 10.9. The average molecular weight is 228 g/mol. The molecule has 2 atom stereocenters. The molecule has 0 spiro atoms. The van der Waals surface area contributed by atoms with Gasteiger partial charge in [-0.2, -0.15) is 0 Å². The molecule has 0 heterocycles. The molecule has 1 aliphatic rings. The van der Waals surface area contributed by atoms with Crippen molar-refractivity contribution in [3.05, 3.63) is 0 Å². The molecule has 0 radical (unpaired) electrons. The summed E-state index contributed by atoms with van der Waals surface area (Å²) in [7, 11) is 0. The van der Waals surface area contributed by atoms with Crippen molar-refractivity contribution in [2.45, 2.75) is 59.5 Å². The van der Waals surface area contributed by atoms with Crippen LogP contribution in [0.1, 0.15) is 53.4 Å². The third-order valence-corrected chi connectivity index (χ3v) is 3.03. The SMILES string of the molecule is CCCOC(=O)O[C@@H]1C[C@@H](C)CC(C)(C)C1. The Morgan fingerprint density at radius 1 is 1.38 bits per heavy atom. The van der Waals surface area contributed by atoms with Gasteiger partial charge in [0.15, 0.2) is 0 Å². The topological polar surface area (TPSA) is 35.5 Å². The predicted molar refractivity (Wildman–Crippen MR) is 63.3 cm³/mol. The second kappa shape index (κ2) is 5.55. The standard InChI is InChI=1S/C13H24O3/c1-5-6-15-12(14)16-11-7-10(2)8-13(3,4)9-11/h10-11H,5-9H2,1-4H3/t10-,11-/m1/s1. The van der Waals surface area contributed by atoms with E-state index >= 15 is 0 Å². The molecule has 1 rings (SSSR count). The Labute approximate surface area is 98.5 Å². The Morgan fingerprint density at radius 2 is 2.06 bits per heavy atom. The first-order chi connectivity index (χ1) is 7.43. The van der Waals surface area contributed by atoms with Crippen LogP contribution in [-0.2, 0) is 9.47 Å². The summed E-state index contributed by atoms with van der Waals surface area (Å²) in [5.74, 6) is 0.618. The normalized spacial score (nSPS) is 28.5. The average Bonchev–Trinajstić information content (AvgIpc) is 2.11. The van der Waals surface area contributed by atoms with E-state index in [2.05, 4.69) is 20.8 Å². The van der Waals surface area contributed by atoms with E-state index in [1.165, 1.54) is 6.42 Å². The lowest BCUT2D eigenvalue weighted by Crippen LogP contribution is -2.34. The van der Waals surface area contributed by atoms with Crippen LogP contribution < -0.4 is 0 Å². The summed E-state index contributed by atoms with van der Waals surface area (Å²) in [6.07, 6.45) is 3.47. The molecule has 1 saturated carbocycles. The number of carbonyl (C=O) groups is 1. The predicted octanol–water partition coefficient (Wildman–Crippen LogP) is 3.76. The van der Waals surface area contributed by atoms with E-state index in [0.29, 0.717) is 12.5 Å². The van der Waals surface area contributed by atoms with Gasteiger partial charge in [0, 0.05) is 0 Å². The van der Waals surface area contributed by atoms with Gasteiger partial charge in [-0.25, -0.2) is 4.79 Å². The van der Waals surface area contributed by atoms with Gasteiger partial charge in [0.25, 0.3) is 0 Å². The minimum atomic E-state index is -0.503. The van der Waals surface area contributed by atoms with E-state index in [4.69, 9.17) is 9.47 Å². The van der Waals surface area contributed by atoms with Crippen LogP contribution in [0.5, 0.6) is 0 Å². The molecule has 0 aromatic rings. The molecule has 0 N–H and O–H groups in total. The number of carbonyl (C=O) groups excluding carboxylic acids is 1. The molecule has 94 valence electrons. The van der Waals surface area contributed by atoms with Crippen LogP contribution >= 0.6 is 0 Å². The van der Waals surface area contributed by atoms with Crippen molar-refractivity contribution in [2.75, 3.05) is 6.61 Å². The van der Waals surface area contributed by atoms with E-state index in [1.807, 2.05) is 6.92 Å². The second-order valence-corrected chi connectivity index (χ2v) is 5.75. The lowest BCUT2D eigenvalue weighted by Gasteiger charge is -2.38. The Bertz CT molecular complexity index is 235. The smallest absolute Gasteiger partial charge is 0.434 e. The lowest BCUT2D eigenvalue weighted by molar-refractivity contribution is -0.0202. The summed E-state index contributed by atoms with van der Waals surface area (Å²) in [6, 6.07) is 0. The van der Waals surface area contributed by atoms with Crippen molar-refractivity contribution in [3.63, 3.8) is 0 Å². The van der Waals surface area contributed by atoms with E-state index < -0.39 is 6.16 Å². The van der Waals surface area contributed by atoms with Gasteiger partial charge in [0.05, 0.1) is 6.61 Å². The molecule has 3 heteroatoms. The summed E-state index contributed by atoms with van der Waals surface area (Å²) < 4.78 is 10.3. The van der Waals surface area contributed by atoms with Gasteiger partial charge in [0.1, 0.15) is 6.10 Å². The van der Waals surface area contributed by atoms with Gasteiger partial charge in [-0.3, -0.25) is 0 Å². The molecule has 0 aromatic carbocycles. The van der Waals surface area contributed by atoms with Gasteiger partial charge >= 0.3 is 6.16 Å². The number of hydrogen-bond acceptors (Lipinski definition) is 3. The van der Waals surface area contributed by atoms with Crippen LogP contribution in [0.3, 0.4) is 0 Å². The van der Waals surface area contributed by atoms with Crippen LogP contribution in [0.4, 0.5) is 4.79 Å². The van der Waals surface area contributed by atoms with Crippen molar-refractivity contribution >= 4 is 6.16 Å². The fourth-order valence-corrected chi connectivity index (χ4v) is 2.70.